The van der Waals surface area contributed by atoms with Crippen LogP contribution >= 0.6 is 0 Å². The molecule has 0 radical (unpaired) electrons. The summed E-state index contributed by atoms with van der Waals surface area (Å²) in [5.41, 5.74) is 3.31. The first-order valence-corrected chi connectivity index (χ1v) is 6.88. The molecule has 2 rings (SSSR count). The van der Waals surface area contributed by atoms with Crippen LogP contribution in [0.3, 0.4) is 0 Å². The van der Waals surface area contributed by atoms with E-state index in [1.54, 1.807) is 0 Å². The van der Waals surface area contributed by atoms with Crippen molar-refractivity contribution in [3.8, 4) is 5.75 Å². The summed E-state index contributed by atoms with van der Waals surface area (Å²) in [5.74, 6) is 0.439. The number of benzene rings is 1. The van der Waals surface area contributed by atoms with Gasteiger partial charge in [-0.3, -0.25) is 4.90 Å². The molecule has 1 atom stereocenters. The molecular weight excluding hydrogens is 224 g/mol. The van der Waals surface area contributed by atoms with Gasteiger partial charge in [-0.15, -0.1) is 0 Å². The van der Waals surface area contributed by atoms with Crippen LogP contribution in [0.2, 0.25) is 0 Å². The van der Waals surface area contributed by atoms with Crippen molar-refractivity contribution in [1.82, 2.24) is 10.2 Å². The number of nitrogens with zero attached hydrogens (tertiary/aromatic N) is 1. The normalized spacial score (nSPS) is 18.8. The molecule has 0 aliphatic carbocycles. The van der Waals surface area contributed by atoms with Gasteiger partial charge >= 0.3 is 0 Å². The second-order valence-electron chi connectivity index (χ2n) is 5.21. The Bertz CT molecular complexity index is 388. The van der Waals surface area contributed by atoms with Crippen molar-refractivity contribution in [1.29, 1.82) is 0 Å². The molecule has 1 saturated heterocycles. The van der Waals surface area contributed by atoms with Crippen LogP contribution in [0.1, 0.15) is 36.1 Å². The monoisotopic (exact) mass is 248 g/mol. The Kier molecular flexibility index (Phi) is 4.25. The zero-order chi connectivity index (χ0) is 13.1. The number of nitrogens with one attached hydrogen (secondary N) is 1. The molecule has 1 aliphatic heterocycles. The van der Waals surface area contributed by atoms with Crippen molar-refractivity contribution in [3.63, 3.8) is 0 Å². The maximum absolute atomic E-state index is 9.87. The lowest BCUT2D eigenvalue weighted by Crippen LogP contribution is -2.45. The number of phenols is 1. The number of hydrogen-bond donors (Lipinski definition) is 2. The second-order valence-corrected chi connectivity index (χ2v) is 5.21. The van der Waals surface area contributed by atoms with Crippen LogP contribution in [-0.4, -0.2) is 36.2 Å². The third-order valence-electron chi connectivity index (χ3n) is 3.88. The largest absolute Gasteiger partial charge is 0.507 e. The molecule has 0 bridgehead atoms. The van der Waals surface area contributed by atoms with Gasteiger partial charge in [0.25, 0.3) is 0 Å². The van der Waals surface area contributed by atoms with E-state index in [9.17, 15) is 5.11 Å². The summed E-state index contributed by atoms with van der Waals surface area (Å²) >= 11 is 0. The molecule has 1 aromatic carbocycles. The highest BCUT2D eigenvalue weighted by Crippen LogP contribution is 2.30. The molecule has 100 valence electrons. The van der Waals surface area contributed by atoms with Crippen LogP contribution < -0.4 is 5.32 Å². The Morgan fingerprint density at radius 2 is 1.78 bits per heavy atom. The summed E-state index contributed by atoms with van der Waals surface area (Å²) in [7, 11) is 0. The van der Waals surface area contributed by atoms with Gasteiger partial charge in [-0.1, -0.05) is 19.1 Å². The van der Waals surface area contributed by atoms with Gasteiger partial charge in [-0.25, -0.2) is 0 Å². The predicted octanol–water partition coefficient (Wildman–Crippen LogP) is 2.37. The number of piperazine rings is 1. The number of aryl methyl sites for hydroxylation is 2. The van der Waals surface area contributed by atoms with E-state index in [1.807, 2.05) is 13.8 Å². The zero-order valence-corrected chi connectivity index (χ0v) is 11.7. The van der Waals surface area contributed by atoms with E-state index in [0.29, 0.717) is 11.8 Å². The van der Waals surface area contributed by atoms with Crippen LogP contribution in [0.15, 0.2) is 12.1 Å². The highest BCUT2D eigenvalue weighted by molar-refractivity contribution is 5.43. The standard InChI is InChI=1S/C15H24N2O/c1-4-14(17-7-5-16-6-8-17)13-9-11(2)15(18)12(3)10-13/h9-10,14,16,18H,4-8H2,1-3H3/t14-/m0/s1. The maximum atomic E-state index is 9.87. The summed E-state index contributed by atoms with van der Waals surface area (Å²) in [5, 5.41) is 13.3. The van der Waals surface area contributed by atoms with Crippen molar-refractivity contribution < 1.29 is 5.11 Å². The summed E-state index contributed by atoms with van der Waals surface area (Å²) in [4.78, 5) is 2.54. The summed E-state index contributed by atoms with van der Waals surface area (Å²) < 4.78 is 0. The molecule has 1 aromatic rings. The van der Waals surface area contributed by atoms with E-state index < -0.39 is 0 Å². The molecule has 1 heterocycles. The topological polar surface area (TPSA) is 35.5 Å². The molecule has 3 nitrogen and oxygen atoms in total. The lowest BCUT2D eigenvalue weighted by atomic mass is 9.97. The average Bonchev–Trinajstić information content (AvgIpc) is 2.38. The fourth-order valence-corrected chi connectivity index (χ4v) is 2.88. The van der Waals surface area contributed by atoms with E-state index in [1.165, 1.54) is 5.56 Å². The highest BCUT2D eigenvalue weighted by Gasteiger charge is 2.21. The van der Waals surface area contributed by atoms with Gasteiger partial charge in [0, 0.05) is 32.2 Å². The second kappa shape index (κ2) is 5.72. The fraction of sp³-hybridized carbons (Fsp3) is 0.600. The molecule has 0 aromatic heterocycles. The highest BCUT2D eigenvalue weighted by atomic mass is 16.3. The van der Waals surface area contributed by atoms with Gasteiger partial charge in [0.15, 0.2) is 0 Å². The van der Waals surface area contributed by atoms with Gasteiger partial charge in [0.1, 0.15) is 5.75 Å². The molecule has 0 unspecified atom stereocenters. The SMILES string of the molecule is CC[C@@H](c1cc(C)c(O)c(C)c1)N1CCNCC1. The Balaban J connectivity index is 2.26. The molecule has 0 amide bonds. The van der Waals surface area contributed by atoms with Crippen molar-refractivity contribution in [2.24, 2.45) is 0 Å². The molecule has 18 heavy (non-hydrogen) atoms. The lowest BCUT2D eigenvalue weighted by molar-refractivity contribution is 0.169. The van der Waals surface area contributed by atoms with Gasteiger partial charge in [-0.05, 0) is 37.0 Å². The van der Waals surface area contributed by atoms with Gasteiger partial charge in [0.2, 0.25) is 0 Å². The zero-order valence-electron chi connectivity index (χ0n) is 11.7. The van der Waals surface area contributed by atoms with Gasteiger partial charge in [-0.2, -0.15) is 0 Å². The first kappa shape index (κ1) is 13.4. The van der Waals surface area contributed by atoms with Crippen molar-refractivity contribution >= 4 is 0 Å². The van der Waals surface area contributed by atoms with E-state index in [0.717, 1.165) is 43.7 Å². The van der Waals surface area contributed by atoms with Gasteiger partial charge < -0.3 is 10.4 Å². The molecule has 1 aliphatic rings. The fourth-order valence-electron chi connectivity index (χ4n) is 2.88. The Hall–Kier alpha value is -1.06. The Morgan fingerprint density at radius 1 is 1.22 bits per heavy atom. The molecule has 1 fully saturated rings. The predicted molar refractivity (Wildman–Crippen MR) is 75.1 cm³/mol. The van der Waals surface area contributed by atoms with E-state index in [2.05, 4.69) is 29.3 Å². The molecule has 0 spiro atoms. The minimum absolute atomic E-state index is 0.439. The van der Waals surface area contributed by atoms with Crippen LogP contribution in [0.5, 0.6) is 5.75 Å². The maximum Gasteiger partial charge on any atom is 0.121 e. The van der Waals surface area contributed by atoms with Crippen LogP contribution in [0.4, 0.5) is 0 Å². The van der Waals surface area contributed by atoms with Crippen molar-refractivity contribution in [2.75, 3.05) is 26.2 Å². The molecular formula is C15H24N2O. The number of aromatic hydroxyl groups is 1. The smallest absolute Gasteiger partial charge is 0.121 e. The van der Waals surface area contributed by atoms with Crippen molar-refractivity contribution in [3.05, 3.63) is 28.8 Å². The quantitative estimate of drug-likeness (QED) is 0.862. The number of rotatable bonds is 3. The average molecular weight is 248 g/mol. The summed E-state index contributed by atoms with van der Waals surface area (Å²) in [6.45, 7) is 10.6. The summed E-state index contributed by atoms with van der Waals surface area (Å²) in [6.07, 6.45) is 1.11. The number of hydrogen-bond acceptors (Lipinski definition) is 3. The Morgan fingerprint density at radius 3 is 2.28 bits per heavy atom. The van der Waals surface area contributed by atoms with E-state index >= 15 is 0 Å². The number of phenolic OH excluding ortho intramolecular Hbond substituents is 1. The lowest BCUT2D eigenvalue weighted by Gasteiger charge is -2.35. The molecule has 2 N–H and O–H groups in total. The third-order valence-corrected chi connectivity index (χ3v) is 3.88. The van der Waals surface area contributed by atoms with E-state index in [4.69, 9.17) is 0 Å². The first-order chi connectivity index (χ1) is 8.63. The van der Waals surface area contributed by atoms with Crippen LogP contribution in [0.25, 0.3) is 0 Å². The van der Waals surface area contributed by atoms with Crippen molar-refractivity contribution in [2.45, 2.75) is 33.2 Å². The minimum Gasteiger partial charge on any atom is -0.507 e. The summed E-state index contributed by atoms with van der Waals surface area (Å²) in [6, 6.07) is 4.75. The van der Waals surface area contributed by atoms with Crippen LogP contribution in [0, 0.1) is 13.8 Å². The Labute approximate surface area is 110 Å². The van der Waals surface area contributed by atoms with E-state index in [-0.39, 0.29) is 0 Å². The van der Waals surface area contributed by atoms with Gasteiger partial charge in [0.05, 0.1) is 0 Å². The molecule has 3 heteroatoms. The minimum atomic E-state index is 0.439. The third kappa shape index (κ3) is 2.68. The first-order valence-electron chi connectivity index (χ1n) is 6.88. The van der Waals surface area contributed by atoms with Crippen LogP contribution in [-0.2, 0) is 0 Å². The molecule has 0 saturated carbocycles.